The summed E-state index contributed by atoms with van der Waals surface area (Å²) in [6, 6.07) is 8.23. The molecule has 2 heterocycles. The second kappa shape index (κ2) is 10.6. The Labute approximate surface area is 207 Å². The van der Waals surface area contributed by atoms with E-state index in [1.807, 2.05) is 0 Å². The summed E-state index contributed by atoms with van der Waals surface area (Å²) in [5.74, 6) is -0.377. The van der Waals surface area contributed by atoms with Gasteiger partial charge in [-0.2, -0.15) is 0 Å². The van der Waals surface area contributed by atoms with Crippen molar-refractivity contribution in [3.05, 3.63) is 64.4 Å². The van der Waals surface area contributed by atoms with Crippen molar-refractivity contribution in [2.45, 2.75) is 19.5 Å². The number of nitrogens with zero attached hydrogens (tertiary/aromatic N) is 1. The standard InChI is InChI=1S/C25H26N2O9/c1-14-20(24(30)34-9-8-32-2)21(17-10-18(33-3)22-19(11-17)35-13-36-22)26-25(31)27(14)12-15-4-6-16(7-5-15)23(28)29/h4-7,10-11,21H,8-9,12-13H2,1-3H3,(H,26,31)(H,28,29). The Bertz CT molecular complexity index is 1210. The van der Waals surface area contributed by atoms with E-state index in [-0.39, 0.29) is 37.7 Å². The molecule has 0 bridgehead atoms. The number of carboxylic acid groups (broad SMARTS) is 1. The number of allylic oxidation sites excluding steroid dienone is 1. The summed E-state index contributed by atoms with van der Waals surface area (Å²) in [7, 11) is 2.98. The molecule has 36 heavy (non-hydrogen) atoms. The Hall–Kier alpha value is -4.25. The van der Waals surface area contributed by atoms with E-state index in [2.05, 4.69) is 5.32 Å². The Morgan fingerprint density at radius 1 is 1.14 bits per heavy atom. The van der Waals surface area contributed by atoms with E-state index in [1.54, 1.807) is 31.2 Å². The first-order chi connectivity index (χ1) is 17.3. The number of rotatable bonds is 9. The van der Waals surface area contributed by atoms with E-state index < -0.39 is 24.0 Å². The molecule has 1 atom stereocenters. The monoisotopic (exact) mass is 498 g/mol. The minimum Gasteiger partial charge on any atom is -0.493 e. The number of aromatic carboxylic acids is 1. The van der Waals surface area contributed by atoms with Crippen LogP contribution >= 0.6 is 0 Å². The smallest absolute Gasteiger partial charge is 0.338 e. The van der Waals surface area contributed by atoms with Crippen LogP contribution in [0.1, 0.15) is 34.5 Å². The van der Waals surface area contributed by atoms with E-state index in [0.29, 0.717) is 34.1 Å². The lowest BCUT2D eigenvalue weighted by Crippen LogP contribution is -2.47. The van der Waals surface area contributed by atoms with Crippen molar-refractivity contribution >= 4 is 18.0 Å². The second-order valence-corrected chi connectivity index (χ2v) is 8.06. The Morgan fingerprint density at radius 2 is 1.89 bits per heavy atom. The molecule has 4 rings (SSSR count). The summed E-state index contributed by atoms with van der Waals surface area (Å²) < 4.78 is 26.8. The fourth-order valence-corrected chi connectivity index (χ4v) is 4.03. The fourth-order valence-electron chi connectivity index (χ4n) is 4.03. The maximum absolute atomic E-state index is 13.2. The van der Waals surface area contributed by atoms with Gasteiger partial charge < -0.3 is 34.1 Å². The number of esters is 1. The lowest BCUT2D eigenvalue weighted by atomic mass is 9.94. The molecule has 11 heteroatoms. The van der Waals surface area contributed by atoms with E-state index in [0.717, 1.165) is 0 Å². The normalized spacial score (nSPS) is 16.6. The number of ether oxygens (including phenoxy) is 5. The molecule has 2 aliphatic rings. The maximum Gasteiger partial charge on any atom is 0.338 e. The number of carbonyl (C=O) groups is 3. The van der Waals surface area contributed by atoms with E-state index in [1.165, 1.54) is 31.3 Å². The number of carboxylic acids is 1. The van der Waals surface area contributed by atoms with Crippen LogP contribution in [0.3, 0.4) is 0 Å². The van der Waals surface area contributed by atoms with Crippen molar-refractivity contribution in [3.8, 4) is 17.2 Å². The Balaban J connectivity index is 1.72. The zero-order chi connectivity index (χ0) is 25.8. The van der Waals surface area contributed by atoms with Crippen LogP contribution in [0.2, 0.25) is 0 Å². The quantitative estimate of drug-likeness (QED) is 0.395. The molecule has 190 valence electrons. The lowest BCUT2D eigenvalue weighted by Gasteiger charge is -2.35. The molecule has 1 unspecified atom stereocenters. The van der Waals surface area contributed by atoms with E-state index >= 15 is 0 Å². The maximum atomic E-state index is 13.2. The van der Waals surface area contributed by atoms with Crippen molar-refractivity contribution < 1.29 is 43.2 Å². The number of urea groups is 1. The first-order valence-electron chi connectivity index (χ1n) is 11.1. The van der Waals surface area contributed by atoms with Crippen molar-refractivity contribution in [3.63, 3.8) is 0 Å². The SMILES string of the molecule is COCCOC(=O)C1=C(C)N(Cc2ccc(C(=O)O)cc2)C(=O)NC1c1cc(OC)c2c(c1)OCO2. The van der Waals surface area contributed by atoms with Gasteiger partial charge in [-0.25, -0.2) is 14.4 Å². The highest BCUT2D eigenvalue weighted by Gasteiger charge is 2.38. The predicted molar refractivity (Wildman–Crippen MR) is 125 cm³/mol. The average molecular weight is 498 g/mol. The second-order valence-electron chi connectivity index (χ2n) is 8.06. The first-order valence-corrected chi connectivity index (χ1v) is 11.1. The number of benzene rings is 2. The van der Waals surface area contributed by atoms with Gasteiger partial charge in [-0.15, -0.1) is 0 Å². The lowest BCUT2D eigenvalue weighted by molar-refractivity contribution is -0.141. The summed E-state index contributed by atoms with van der Waals surface area (Å²) in [6.45, 7) is 2.06. The Kier molecular flexibility index (Phi) is 7.30. The van der Waals surface area contributed by atoms with Crippen LogP contribution in [0, 0.1) is 0 Å². The molecule has 0 aromatic heterocycles. The highest BCUT2D eigenvalue weighted by Crippen LogP contribution is 2.45. The fraction of sp³-hybridized carbons (Fsp3) is 0.320. The molecular weight excluding hydrogens is 472 g/mol. The minimum absolute atomic E-state index is 0.0292. The van der Waals surface area contributed by atoms with Gasteiger partial charge >= 0.3 is 18.0 Å². The van der Waals surface area contributed by atoms with Gasteiger partial charge in [0.05, 0.1) is 37.4 Å². The van der Waals surface area contributed by atoms with E-state index in [4.69, 9.17) is 28.8 Å². The van der Waals surface area contributed by atoms with Gasteiger partial charge in [-0.3, -0.25) is 4.90 Å². The third-order valence-electron chi connectivity index (χ3n) is 5.89. The summed E-state index contributed by atoms with van der Waals surface area (Å²) in [5, 5.41) is 12.0. The predicted octanol–water partition coefficient (Wildman–Crippen LogP) is 2.85. The molecule has 0 fully saturated rings. The van der Waals surface area contributed by atoms with Crippen LogP contribution in [0.25, 0.3) is 0 Å². The number of carbonyl (C=O) groups excluding carboxylic acids is 2. The van der Waals surface area contributed by atoms with Gasteiger partial charge in [-0.1, -0.05) is 12.1 Å². The minimum atomic E-state index is -1.04. The van der Waals surface area contributed by atoms with Crippen LogP contribution in [-0.2, 0) is 20.8 Å². The van der Waals surface area contributed by atoms with E-state index in [9.17, 15) is 14.4 Å². The largest absolute Gasteiger partial charge is 0.493 e. The van der Waals surface area contributed by atoms with Crippen LogP contribution < -0.4 is 19.5 Å². The number of hydrogen-bond donors (Lipinski definition) is 2. The molecule has 11 nitrogen and oxygen atoms in total. The molecule has 2 aromatic rings. The third-order valence-corrected chi connectivity index (χ3v) is 5.89. The molecule has 0 saturated carbocycles. The average Bonchev–Trinajstić information content (AvgIpc) is 3.35. The number of hydrogen-bond acceptors (Lipinski definition) is 8. The van der Waals surface area contributed by atoms with Gasteiger partial charge in [-0.05, 0) is 42.3 Å². The van der Waals surface area contributed by atoms with Crippen molar-refractivity contribution in [2.24, 2.45) is 0 Å². The third kappa shape index (κ3) is 4.91. The molecule has 2 N–H and O–H groups in total. The zero-order valence-electron chi connectivity index (χ0n) is 20.0. The topological polar surface area (TPSA) is 133 Å². The molecule has 2 amide bonds. The number of nitrogens with one attached hydrogen (secondary N) is 1. The zero-order valence-corrected chi connectivity index (χ0v) is 20.0. The number of amides is 2. The van der Waals surface area contributed by atoms with Crippen molar-refractivity contribution in [1.82, 2.24) is 10.2 Å². The molecular formula is C25H26N2O9. The molecule has 2 aliphatic heterocycles. The van der Waals surface area contributed by atoms with Crippen LogP contribution in [0.4, 0.5) is 4.79 Å². The highest BCUT2D eigenvalue weighted by atomic mass is 16.7. The summed E-state index contributed by atoms with van der Waals surface area (Å²) >= 11 is 0. The van der Waals surface area contributed by atoms with Gasteiger partial charge in [0.15, 0.2) is 11.5 Å². The molecule has 0 radical (unpaired) electrons. The van der Waals surface area contributed by atoms with Gasteiger partial charge in [0.1, 0.15) is 6.61 Å². The van der Waals surface area contributed by atoms with Crippen LogP contribution in [0.5, 0.6) is 17.2 Å². The number of methoxy groups -OCH3 is 2. The van der Waals surface area contributed by atoms with Gasteiger partial charge in [0.2, 0.25) is 12.5 Å². The Morgan fingerprint density at radius 3 is 2.56 bits per heavy atom. The highest BCUT2D eigenvalue weighted by molar-refractivity contribution is 5.95. The van der Waals surface area contributed by atoms with Crippen molar-refractivity contribution in [2.75, 3.05) is 34.2 Å². The molecule has 0 spiro atoms. The van der Waals surface area contributed by atoms with Crippen LogP contribution in [-0.4, -0.2) is 62.2 Å². The number of fused-ring (bicyclic) bond motifs is 1. The summed E-state index contributed by atoms with van der Waals surface area (Å²) in [5.41, 5.74) is 1.99. The van der Waals surface area contributed by atoms with Gasteiger partial charge in [0, 0.05) is 12.8 Å². The molecule has 0 saturated heterocycles. The molecule has 0 aliphatic carbocycles. The molecule has 2 aromatic carbocycles. The van der Waals surface area contributed by atoms with Gasteiger partial charge in [0.25, 0.3) is 0 Å². The summed E-state index contributed by atoms with van der Waals surface area (Å²) in [4.78, 5) is 39.0. The van der Waals surface area contributed by atoms with Crippen LogP contribution in [0.15, 0.2) is 47.7 Å². The first kappa shape index (κ1) is 24.9. The summed E-state index contributed by atoms with van der Waals surface area (Å²) in [6.07, 6.45) is 0. The van der Waals surface area contributed by atoms with Crippen molar-refractivity contribution in [1.29, 1.82) is 0 Å².